The normalized spacial score (nSPS) is 12.1. The second-order valence-electron chi connectivity index (χ2n) is 5.93. The van der Waals surface area contributed by atoms with E-state index in [1.165, 1.54) is 18.3 Å². The van der Waals surface area contributed by atoms with Crippen LogP contribution in [0.15, 0.2) is 24.4 Å². The average molecular weight is 400 g/mol. The Bertz CT molecular complexity index is 777. The molecule has 0 radical (unpaired) electrons. The molecule has 0 aliphatic heterocycles. The van der Waals surface area contributed by atoms with Crippen molar-refractivity contribution in [1.82, 2.24) is 10.3 Å². The summed E-state index contributed by atoms with van der Waals surface area (Å²) < 4.78 is 0. The summed E-state index contributed by atoms with van der Waals surface area (Å²) in [5.74, 6) is -0.565. The Morgan fingerprint density at radius 3 is 2.64 bits per heavy atom. The third kappa shape index (κ3) is 5.42. The average Bonchev–Trinajstić information content (AvgIpc) is 2.96. The smallest absolute Gasteiger partial charge is 0.248 e. The minimum absolute atomic E-state index is 0.0337. The number of thiazole rings is 1. The van der Waals surface area contributed by atoms with Gasteiger partial charge < -0.3 is 10.6 Å². The van der Waals surface area contributed by atoms with E-state index in [0.29, 0.717) is 21.6 Å². The molecule has 5 nitrogen and oxygen atoms in total. The molecule has 2 rings (SSSR count). The molecule has 0 saturated carbocycles. The number of aromatic nitrogens is 1. The van der Waals surface area contributed by atoms with E-state index in [1.807, 2.05) is 26.0 Å². The first-order valence-corrected chi connectivity index (χ1v) is 9.30. The van der Waals surface area contributed by atoms with Crippen molar-refractivity contribution in [2.75, 3.05) is 5.32 Å². The number of amides is 2. The van der Waals surface area contributed by atoms with Crippen LogP contribution in [0.2, 0.25) is 10.0 Å². The van der Waals surface area contributed by atoms with Crippen LogP contribution in [0, 0.1) is 5.92 Å². The molecule has 1 atom stereocenters. The summed E-state index contributed by atoms with van der Waals surface area (Å²) in [5, 5.41) is 6.92. The number of carbonyl (C=O) groups is 2. The molecular weight excluding hydrogens is 381 g/mol. The first-order valence-electron chi connectivity index (χ1n) is 7.73. The zero-order valence-electron chi connectivity index (χ0n) is 14.1. The molecule has 2 aromatic rings. The fourth-order valence-electron chi connectivity index (χ4n) is 2.26. The van der Waals surface area contributed by atoms with Crippen LogP contribution in [-0.4, -0.2) is 22.8 Å². The Morgan fingerprint density at radius 1 is 1.28 bits per heavy atom. The maximum Gasteiger partial charge on any atom is 0.248 e. The second kappa shape index (κ2) is 8.65. The highest BCUT2D eigenvalue weighted by Crippen LogP contribution is 2.29. The standard InChI is InChI=1S/C17H19Cl2N3O2S/c1-9(2)15(21-10(3)23)16(24)22-17-20-8-12(25-17)7-11-5-4-6-13(18)14(11)19/h4-6,8-9,15H,7H2,1-3H3,(H,21,23)(H,20,22,24)/t15-/m1/s1. The number of nitrogens with one attached hydrogen (secondary N) is 2. The van der Waals surface area contributed by atoms with Gasteiger partial charge in [0.25, 0.3) is 0 Å². The Kier molecular flexibility index (Phi) is 6.81. The maximum absolute atomic E-state index is 12.4. The van der Waals surface area contributed by atoms with Gasteiger partial charge >= 0.3 is 0 Å². The maximum atomic E-state index is 12.4. The molecule has 1 heterocycles. The van der Waals surface area contributed by atoms with Crippen LogP contribution in [0.3, 0.4) is 0 Å². The molecule has 8 heteroatoms. The lowest BCUT2D eigenvalue weighted by Gasteiger charge is -2.20. The predicted molar refractivity (Wildman–Crippen MR) is 102 cm³/mol. The minimum atomic E-state index is -0.604. The topological polar surface area (TPSA) is 71.1 Å². The lowest BCUT2D eigenvalue weighted by molar-refractivity contribution is -0.126. The van der Waals surface area contributed by atoms with Crippen LogP contribution >= 0.6 is 34.5 Å². The number of hydrogen-bond acceptors (Lipinski definition) is 4. The highest BCUT2D eigenvalue weighted by atomic mass is 35.5. The summed E-state index contributed by atoms with van der Waals surface area (Å²) in [6, 6.07) is 4.87. The lowest BCUT2D eigenvalue weighted by atomic mass is 10.0. The number of carbonyl (C=O) groups excluding carboxylic acids is 2. The van der Waals surface area contributed by atoms with Crippen molar-refractivity contribution in [3.8, 4) is 0 Å². The summed E-state index contributed by atoms with van der Waals surface area (Å²) in [6.07, 6.45) is 2.27. The quantitative estimate of drug-likeness (QED) is 0.766. The first-order chi connectivity index (χ1) is 11.8. The number of halogens is 2. The largest absolute Gasteiger partial charge is 0.344 e. The van der Waals surface area contributed by atoms with E-state index in [-0.39, 0.29) is 17.7 Å². The number of anilines is 1. The Labute approximate surface area is 160 Å². The van der Waals surface area contributed by atoms with E-state index in [2.05, 4.69) is 15.6 Å². The summed E-state index contributed by atoms with van der Waals surface area (Å²) in [7, 11) is 0. The van der Waals surface area contributed by atoms with E-state index >= 15 is 0 Å². The molecule has 1 aromatic heterocycles. The third-order valence-corrected chi connectivity index (χ3v) is 5.26. The predicted octanol–water partition coefficient (Wildman–Crippen LogP) is 4.14. The van der Waals surface area contributed by atoms with Gasteiger partial charge in [0.15, 0.2) is 5.13 Å². The van der Waals surface area contributed by atoms with Crippen molar-refractivity contribution < 1.29 is 9.59 Å². The van der Waals surface area contributed by atoms with Crippen LogP contribution < -0.4 is 10.6 Å². The fraction of sp³-hybridized carbons (Fsp3) is 0.353. The zero-order valence-corrected chi connectivity index (χ0v) is 16.4. The molecular formula is C17H19Cl2N3O2S. The van der Waals surface area contributed by atoms with E-state index in [4.69, 9.17) is 23.2 Å². The van der Waals surface area contributed by atoms with Gasteiger partial charge in [-0.2, -0.15) is 0 Å². The molecule has 0 bridgehead atoms. The van der Waals surface area contributed by atoms with Crippen LogP contribution in [-0.2, 0) is 16.0 Å². The van der Waals surface area contributed by atoms with Gasteiger partial charge in [-0.3, -0.25) is 9.59 Å². The van der Waals surface area contributed by atoms with E-state index in [0.717, 1.165) is 10.4 Å². The number of hydrogen-bond donors (Lipinski definition) is 2. The molecule has 2 N–H and O–H groups in total. The van der Waals surface area contributed by atoms with E-state index < -0.39 is 6.04 Å². The molecule has 0 aliphatic carbocycles. The van der Waals surface area contributed by atoms with Crippen molar-refractivity contribution in [2.24, 2.45) is 5.92 Å². The number of nitrogens with zero attached hydrogens (tertiary/aromatic N) is 1. The Morgan fingerprint density at radius 2 is 2.00 bits per heavy atom. The summed E-state index contributed by atoms with van der Waals surface area (Å²) in [5.41, 5.74) is 0.897. The summed E-state index contributed by atoms with van der Waals surface area (Å²) in [4.78, 5) is 28.8. The van der Waals surface area contributed by atoms with E-state index in [9.17, 15) is 9.59 Å². The van der Waals surface area contributed by atoms with Crippen molar-refractivity contribution >= 4 is 51.5 Å². The van der Waals surface area contributed by atoms with Crippen molar-refractivity contribution in [2.45, 2.75) is 33.2 Å². The van der Waals surface area contributed by atoms with Crippen molar-refractivity contribution in [3.05, 3.63) is 44.9 Å². The monoisotopic (exact) mass is 399 g/mol. The molecule has 2 amide bonds. The lowest BCUT2D eigenvalue weighted by Crippen LogP contribution is -2.46. The molecule has 0 spiro atoms. The molecule has 0 aliphatic rings. The van der Waals surface area contributed by atoms with Crippen molar-refractivity contribution in [1.29, 1.82) is 0 Å². The van der Waals surface area contributed by atoms with Crippen molar-refractivity contribution in [3.63, 3.8) is 0 Å². The first kappa shape index (κ1) is 19.7. The third-order valence-electron chi connectivity index (χ3n) is 3.49. The van der Waals surface area contributed by atoms with Crippen LogP contribution in [0.4, 0.5) is 5.13 Å². The van der Waals surface area contributed by atoms with Gasteiger partial charge in [-0.05, 0) is 17.5 Å². The summed E-state index contributed by atoms with van der Waals surface area (Å²) in [6.45, 7) is 5.13. The van der Waals surface area contributed by atoms with Gasteiger partial charge in [0, 0.05) is 24.4 Å². The molecule has 1 aromatic carbocycles. The van der Waals surface area contributed by atoms with Gasteiger partial charge in [-0.1, -0.05) is 49.2 Å². The van der Waals surface area contributed by atoms with Gasteiger partial charge in [-0.15, -0.1) is 11.3 Å². The van der Waals surface area contributed by atoms with Gasteiger partial charge in [0.05, 0.1) is 10.0 Å². The van der Waals surface area contributed by atoms with Crippen LogP contribution in [0.1, 0.15) is 31.2 Å². The molecule has 0 fully saturated rings. The van der Waals surface area contributed by atoms with Gasteiger partial charge in [0.1, 0.15) is 6.04 Å². The fourth-order valence-corrected chi connectivity index (χ4v) is 3.48. The molecule has 25 heavy (non-hydrogen) atoms. The van der Waals surface area contributed by atoms with Gasteiger partial charge in [-0.25, -0.2) is 4.98 Å². The highest BCUT2D eigenvalue weighted by Gasteiger charge is 2.23. The second-order valence-corrected chi connectivity index (χ2v) is 7.83. The van der Waals surface area contributed by atoms with Crippen LogP contribution in [0.25, 0.3) is 0 Å². The zero-order chi connectivity index (χ0) is 18.6. The van der Waals surface area contributed by atoms with Crippen LogP contribution in [0.5, 0.6) is 0 Å². The Balaban J connectivity index is 2.06. The molecule has 0 saturated heterocycles. The Hall–Kier alpha value is -1.63. The SMILES string of the molecule is CC(=O)N[C@@H](C(=O)Nc1ncc(Cc2cccc(Cl)c2Cl)s1)C(C)C. The minimum Gasteiger partial charge on any atom is -0.344 e. The molecule has 0 unspecified atom stereocenters. The highest BCUT2D eigenvalue weighted by molar-refractivity contribution is 7.15. The number of benzene rings is 1. The van der Waals surface area contributed by atoms with E-state index in [1.54, 1.807) is 12.3 Å². The summed E-state index contributed by atoms with van der Waals surface area (Å²) >= 11 is 13.6. The number of rotatable bonds is 6. The molecule has 134 valence electrons. The van der Waals surface area contributed by atoms with Gasteiger partial charge in [0.2, 0.25) is 11.8 Å².